The fourth-order valence-electron chi connectivity index (χ4n) is 5.04. The zero-order chi connectivity index (χ0) is 25.5. The van der Waals surface area contributed by atoms with E-state index in [4.69, 9.17) is 4.74 Å². The monoisotopic (exact) mass is 490 g/mol. The van der Waals surface area contributed by atoms with Crippen LogP contribution in [-0.2, 0) is 16.1 Å². The van der Waals surface area contributed by atoms with Crippen LogP contribution in [0.25, 0.3) is 0 Å². The summed E-state index contributed by atoms with van der Waals surface area (Å²) in [6.07, 6.45) is 4.55. The lowest BCUT2D eigenvalue weighted by atomic mass is 9.77. The molecule has 1 aliphatic carbocycles. The van der Waals surface area contributed by atoms with Crippen LogP contribution in [0, 0.1) is 0 Å². The number of hydrogen-bond acceptors (Lipinski definition) is 5. The zero-order valence-corrected chi connectivity index (χ0v) is 20.4. The molecule has 0 spiro atoms. The van der Waals surface area contributed by atoms with Crippen LogP contribution < -0.4 is 10.1 Å². The van der Waals surface area contributed by atoms with Crippen LogP contribution in [0.15, 0.2) is 78.9 Å². The van der Waals surface area contributed by atoms with E-state index in [2.05, 4.69) is 11.9 Å². The second-order valence-corrected chi connectivity index (χ2v) is 9.22. The third kappa shape index (κ3) is 5.53. The van der Waals surface area contributed by atoms with Crippen LogP contribution in [0.3, 0.4) is 0 Å². The molecule has 190 valence electrons. The first-order valence-corrected chi connectivity index (χ1v) is 12.5. The fraction of sp³-hybridized carbons (Fsp3) is 0.379. The maximum atomic E-state index is 13.5. The van der Waals surface area contributed by atoms with Gasteiger partial charge in [-0.05, 0) is 37.0 Å². The molecule has 1 heterocycles. The quantitative estimate of drug-likeness (QED) is 0.332. The molecule has 2 aromatic rings. The van der Waals surface area contributed by atoms with Crippen LogP contribution in [0.1, 0.15) is 42.7 Å². The van der Waals surface area contributed by atoms with Crippen molar-refractivity contribution in [1.82, 2.24) is 10.2 Å². The maximum absolute atomic E-state index is 13.5. The number of allylic oxidation sites excluding steroid dienone is 1. The summed E-state index contributed by atoms with van der Waals surface area (Å²) in [7, 11) is 0. The first-order valence-electron chi connectivity index (χ1n) is 12.5. The molecule has 0 radical (unpaired) electrons. The van der Waals surface area contributed by atoms with Crippen LogP contribution in [0.2, 0.25) is 0 Å². The summed E-state index contributed by atoms with van der Waals surface area (Å²) in [5.74, 6) is -0.271. The van der Waals surface area contributed by atoms with Crippen LogP contribution in [0.4, 0.5) is 0 Å². The molecule has 2 aromatic carbocycles. The highest BCUT2D eigenvalue weighted by molar-refractivity contribution is 5.96. The van der Waals surface area contributed by atoms with E-state index in [1.807, 2.05) is 60.7 Å². The third-order valence-electron chi connectivity index (χ3n) is 6.80. The summed E-state index contributed by atoms with van der Waals surface area (Å²) in [5.41, 5.74) is 2.20. The predicted octanol–water partition coefficient (Wildman–Crippen LogP) is 3.08. The Hall–Kier alpha value is -3.42. The molecule has 4 atom stereocenters. The Morgan fingerprint density at radius 3 is 2.58 bits per heavy atom. The first-order chi connectivity index (χ1) is 17.5. The highest BCUT2D eigenvalue weighted by Crippen LogP contribution is 2.47. The number of rotatable bonds is 11. The van der Waals surface area contributed by atoms with E-state index in [0.29, 0.717) is 30.7 Å². The normalized spacial score (nSPS) is 22.0. The number of aliphatic hydroxyl groups excluding tert-OH is 2. The topological polar surface area (TPSA) is 99.1 Å². The van der Waals surface area contributed by atoms with Gasteiger partial charge in [-0.2, -0.15) is 0 Å². The Bertz CT molecular complexity index is 1100. The number of aliphatic hydroxyl groups is 2. The van der Waals surface area contributed by atoms with Crippen molar-refractivity contribution in [1.29, 1.82) is 0 Å². The van der Waals surface area contributed by atoms with Crippen LogP contribution in [-0.4, -0.2) is 58.3 Å². The van der Waals surface area contributed by atoms with E-state index in [0.717, 1.165) is 24.0 Å². The fourth-order valence-corrected chi connectivity index (χ4v) is 5.04. The minimum Gasteiger partial charge on any atom is -0.486 e. The lowest BCUT2D eigenvalue weighted by molar-refractivity contribution is -0.138. The molecule has 2 amide bonds. The van der Waals surface area contributed by atoms with Gasteiger partial charge < -0.3 is 25.2 Å². The number of hydrogen-bond donors (Lipinski definition) is 3. The van der Waals surface area contributed by atoms with Gasteiger partial charge in [-0.25, -0.2) is 0 Å². The second kappa shape index (κ2) is 12.0. The summed E-state index contributed by atoms with van der Waals surface area (Å²) >= 11 is 0. The van der Waals surface area contributed by atoms with Gasteiger partial charge >= 0.3 is 0 Å². The zero-order valence-electron chi connectivity index (χ0n) is 20.4. The molecule has 2 aliphatic rings. The van der Waals surface area contributed by atoms with Crippen molar-refractivity contribution in [2.75, 3.05) is 13.2 Å². The Labute approximate surface area is 212 Å². The molecule has 36 heavy (non-hydrogen) atoms. The van der Waals surface area contributed by atoms with E-state index >= 15 is 0 Å². The van der Waals surface area contributed by atoms with Crippen LogP contribution in [0.5, 0.6) is 5.75 Å². The Balaban J connectivity index is 1.70. The molecule has 0 fully saturated rings. The van der Waals surface area contributed by atoms with Crippen molar-refractivity contribution in [2.45, 2.75) is 56.4 Å². The number of nitrogens with one attached hydrogen (secondary N) is 1. The number of amides is 2. The summed E-state index contributed by atoms with van der Waals surface area (Å²) in [6.45, 7) is 3.97. The number of carbonyl (C=O) groups excluding carboxylic acids is 2. The van der Waals surface area contributed by atoms with Gasteiger partial charge in [-0.15, -0.1) is 6.58 Å². The molecule has 0 saturated carbocycles. The highest BCUT2D eigenvalue weighted by atomic mass is 16.5. The first kappa shape index (κ1) is 25.7. The van der Waals surface area contributed by atoms with Crippen molar-refractivity contribution in [3.8, 4) is 5.75 Å². The molecule has 7 nitrogen and oxygen atoms in total. The van der Waals surface area contributed by atoms with E-state index < -0.39 is 24.2 Å². The smallest absolute Gasteiger partial charge is 0.247 e. The van der Waals surface area contributed by atoms with Gasteiger partial charge in [0, 0.05) is 30.6 Å². The summed E-state index contributed by atoms with van der Waals surface area (Å²) < 4.78 is 6.16. The largest absolute Gasteiger partial charge is 0.486 e. The van der Waals surface area contributed by atoms with Crippen molar-refractivity contribution in [3.05, 3.63) is 90.0 Å². The molecule has 4 unspecified atom stereocenters. The minimum absolute atomic E-state index is 0.0905. The van der Waals surface area contributed by atoms with Crippen molar-refractivity contribution >= 4 is 11.8 Å². The number of fused-ring (bicyclic) bond motifs is 3. The molecule has 0 saturated heterocycles. The predicted molar refractivity (Wildman–Crippen MR) is 137 cm³/mol. The lowest BCUT2D eigenvalue weighted by Gasteiger charge is -2.41. The number of unbranched alkanes of at least 4 members (excludes halogenated alkanes) is 2. The lowest BCUT2D eigenvalue weighted by Crippen LogP contribution is -2.55. The van der Waals surface area contributed by atoms with Gasteiger partial charge in [0.1, 0.15) is 18.0 Å². The highest BCUT2D eigenvalue weighted by Gasteiger charge is 2.50. The average Bonchev–Trinajstić information content (AvgIpc) is 3.30. The van der Waals surface area contributed by atoms with Gasteiger partial charge in [0.15, 0.2) is 0 Å². The molecule has 0 aromatic heterocycles. The van der Waals surface area contributed by atoms with E-state index in [1.54, 1.807) is 11.0 Å². The third-order valence-corrected chi connectivity index (χ3v) is 6.80. The molecular weight excluding hydrogens is 456 g/mol. The summed E-state index contributed by atoms with van der Waals surface area (Å²) in [6, 6.07) is 16.3. The van der Waals surface area contributed by atoms with Crippen molar-refractivity contribution < 1.29 is 24.5 Å². The standard InChI is InChI=1S/C29H34N2O5/c1-2-3-4-8-15-25(33)31(19-20-11-6-5-7-12-20)23-18-22(29(35)30-16-17-32)26-21-13-9-10-14-24(21)36-28(26)27(23)34/h2,5-7,9-14,18,23,26-28,32,34H,1,3-4,8,15-17,19H2,(H,30,35). The van der Waals surface area contributed by atoms with Crippen molar-refractivity contribution in [3.63, 3.8) is 0 Å². The molecule has 7 heteroatoms. The molecule has 3 N–H and O–H groups in total. The Kier molecular flexibility index (Phi) is 8.57. The van der Waals surface area contributed by atoms with Gasteiger partial charge in [0.25, 0.3) is 0 Å². The number of ether oxygens (including phenoxy) is 1. The number of benzene rings is 2. The van der Waals surface area contributed by atoms with E-state index in [-0.39, 0.29) is 25.0 Å². The maximum Gasteiger partial charge on any atom is 0.247 e. The molecule has 1 aliphatic heterocycles. The number of nitrogens with zero attached hydrogens (tertiary/aromatic N) is 1. The Morgan fingerprint density at radius 1 is 1.08 bits per heavy atom. The van der Waals surface area contributed by atoms with E-state index in [9.17, 15) is 19.8 Å². The Morgan fingerprint density at radius 2 is 1.83 bits per heavy atom. The number of carbonyl (C=O) groups is 2. The average molecular weight is 491 g/mol. The van der Waals surface area contributed by atoms with Gasteiger partial charge in [-0.3, -0.25) is 9.59 Å². The SMILES string of the molecule is C=CCCCCC(=O)N(Cc1ccccc1)C1C=C(C(=O)NCCO)C2c3ccccc3OC2C1O. The summed E-state index contributed by atoms with van der Waals surface area (Å²) in [4.78, 5) is 28.4. The second-order valence-electron chi connectivity index (χ2n) is 9.22. The summed E-state index contributed by atoms with van der Waals surface area (Å²) in [5, 5.41) is 23.5. The molecule has 4 rings (SSSR count). The molecular formula is C29H34N2O5. The molecule has 0 bridgehead atoms. The van der Waals surface area contributed by atoms with E-state index in [1.165, 1.54) is 0 Å². The van der Waals surface area contributed by atoms with Gasteiger partial charge in [-0.1, -0.05) is 54.6 Å². The number of para-hydroxylation sites is 1. The van der Waals surface area contributed by atoms with Gasteiger partial charge in [0.05, 0.1) is 18.6 Å². The van der Waals surface area contributed by atoms with Crippen LogP contribution >= 0.6 is 0 Å². The van der Waals surface area contributed by atoms with Gasteiger partial charge in [0.2, 0.25) is 11.8 Å². The van der Waals surface area contributed by atoms with Crippen molar-refractivity contribution in [2.24, 2.45) is 0 Å². The minimum atomic E-state index is -1.03.